The minimum atomic E-state index is -0.782. The molecule has 0 aromatic heterocycles. The molecule has 1 unspecified atom stereocenters. The monoisotopic (exact) mass is 348 g/mol. The molecule has 1 aromatic carbocycles. The molecule has 1 rings (SSSR count). The number of methoxy groups -OCH3 is 2. The van der Waals surface area contributed by atoms with Crippen molar-refractivity contribution in [2.45, 2.75) is 24.3 Å². The number of carboxylic acid groups (broad SMARTS) is 1. The van der Waals surface area contributed by atoms with Crippen molar-refractivity contribution >= 4 is 33.7 Å². The smallest absolute Gasteiger partial charge is 0.316 e. The molecule has 106 valence electrons. The molecule has 0 saturated carbocycles. The molecule has 19 heavy (non-hydrogen) atoms. The Morgan fingerprint density at radius 1 is 1.37 bits per heavy atom. The van der Waals surface area contributed by atoms with Gasteiger partial charge in [0, 0.05) is 11.3 Å². The van der Waals surface area contributed by atoms with E-state index in [1.54, 1.807) is 14.2 Å². The van der Waals surface area contributed by atoms with Gasteiger partial charge in [-0.1, -0.05) is 6.92 Å². The van der Waals surface area contributed by atoms with Crippen LogP contribution in [0.1, 0.15) is 18.9 Å². The third kappa shape index (κ3) is 4.31. The molecule has 4 nitrogen and oxygen atoms in total. The van der Waals surface area contributed by atoms with Gasteiger partial charge in [-0.3, -0.25) is 4.79 Å². The summed E-state index contributed by atoms with van der Waals surface area (Å²) in [7, 11) is 3.19. The molecule has 0 radical (unpaired) electrons. The summed E-state index contributed by atoms with van der Waals surface area (Å²) in [5.74, 6) is 1.22. The van der Waals surface area contributed by atoms with Crippen molar-refractivity contribution in [3.05, 3.63) is 22.2 Å². The van der Waals surface area contributed by atoms with Gasteiger partial charge in [-0.2, -0.15) is 0 Å². The van der Waals surface area contributed by atoms with Crippen molar-refractivity contribution in [3.63, 3.8) is 0 Å². The number of hydrogen-bond donors (Lipinski definition) is 1. The molecular formula is C13H17BrO4S. The second-order valence-electron chi connectivity index (χ2n) is 3.84. The molecule has 0 saturated heterocycles. The molecule has 0 aliphatic carbocycles. The second-order valence-corrected chi connectivity index (χ2v) is 5.89. The van der Waals surface area contributed by atoms with Gasteiger partial charge in [-0.25, -0.2) is 0 Å². The van der Waals surface area contributed by atoms with Gasteiger partial charge in [0.15, 0.2) is 0 Å². The molecule has 0 bridgehead atoms. The number of carbonyl (C=O) groups is 1. The van der Waals surface area contributed by atoms with Gasteiger partial charge in [0.1, 0.15) is 16.7 Å². The molecule has 0 amide bonds. The molecule has 1 N–H and O–H groups in total. The van der Waals surface area contributed by atoms with Crippen molar-refractivity contribution in [1.82, 2.24) is 0 Å². The normalized spacial score (nSPS) is 12.0. The quantitative estimate of drug-likeness (QED) is 0.816. The van der Waals surface area contributed by atoms with Gasteiger partial charge in [0.25, 0.3) is 0 Å². The van der Waals surface area contributed by atoms with Crippen LogP contribution in [0.25, 0.3) is 0 Å². The van der Waals surface area contributed by atoms with E-state index in [1.165, 1.54) is 11.8 Å². The van der Waals surface area contributed by atoms with Crippen LogP contribution in [0.4, 0.5) is 0 Å². The van der Waals surface area contributed by atoms with Gasteiger partial charge >= 0.3 is 5.97 Å². The van der Waals surface area contributed by atoms with E-state index in [0.29, 0.717) is 17.9 Å². The van der Waals surface area contributed by atoms with E-state index >= 15 is 0 Å². The average Bonchev–Trinajstić information content (AvgIpc) is 2.39. The van der Waals surface area contributed by atoms with Crippen molar-refractivity contribution in [1.29, 1.82) is 0 Å². The number of carboxylic acids is 1. The lowest BCUT2D eigenvalue weighted by atomic mass is 10.2. The number of hydrogen-bond acceptors (Lipinski definition) is 4. The summed E-state index contributed by atoms with van der Waals surface area (Å²) in [5.41, 5.74) is 0.923. The fraction of sp³-hybridized carbons (Fsp3) is 0.462. The number of ether oxygens (including phenoxy) is 2. The zero-order valence-corrected chi connectivity index (χ0v) is 13.5. The molecular weight excluding hydrogens is 332 g/mol. The van der Waals surface area contributed by atoms with E-state index in [9.17, 15) is 4.79 Å². The summed E-state index contributed by atoms with van der Waals surface area (Å²) in [6.07, 6.45) is 0.593. The highest BCUT2D eigenvalue weighted by molar-refractivity contribution is 9.10. The minimum absolute atomic E-state index is 0.403. The largest absolute Gasteiger partial charge is 0.496 e. The third-order valence-corrected chi connectivity index (χ3v) is 4.68. The summed E-state index contributed by atoms with van der Waals surface area (Å²) in [6, 6.07) is 3.70. The Morgan fingerprint density at radius 3 is 2.47 bits per heavy atom. The van der Waals surface area contributed by atoms with E-state index in [1.807, 2.05) is 19.1 Å². The lowest BCUT2D eigenvalue weighted by Gasteiger charge is -2.14. The predicted octanol–water partition coefficient (Wildman–Crippen LogP) is 3.56. The molecule has 6 heteroatoms. The lowest BCUT2D eigenvalue weighted by molar-refractivity contribution is -0.136. The first-order valence-corrected chi connectivity index (χ1v) is 7.62. The Hall–Kier alpha value is -0.880. The Kier molecular flexibility index (Phi) is 6.51. The van der Waals surface area contributed by atoms with Crippen molar-refractivity contribution in [2.75, 3.05) is 14.2 Å². The van der Waals surface area contributed by atoms with Crippen LogP contribution in [0, 0.1) is 0 Å². The lowest BCUT2D eigenvalue weighted by Crippen LogP contribution is -2.15. The van der Waals surface area contributed by atoms with Crippen LogP contribution in [-0.4, -0.2) is 30.5 Å². The van der Waals surface area contributed by atoms with Gasteiger partial charge in [0.2, 0.25) is 0 Å². The van der Waals surface area contributed by atoms with Crippen LogP contribution in [0.5, 0.6) is 11.5 Å². The fourth-order valence-electron chi connectivity index (χ4n) is 1.59. The van der Waals surface area contributed by atoms with E-state index in [0.717, 1.165) is 15.8 Å². The first kappa shape index (κ1) is 16.2. The topological polar surface area (TPSA) is 55.8 Å². The zero-order valence-electron chi connectivity index (χ0n) is 11.1. The maximum atomic E-state index is 11.0. The zero-order chi connectivity index (χ0) is 14.4. The third-order valence-electron chi connectivity index (χ3n) is 2.64. The highest BCUT2D eigenvalue weighted by atomic mass is 79.9. The van der Waals surface area contributed by atoms with E-state index in [4.69, 9.17) is 14.6 Å². The van der Waals surface area contributed by atoms with Crippen LogP contribution in [-0.2, 0) is 10.5 Å². The predicted molar refractivity (Wildman–Crippen MR) is 80.3 cm³/mol. The maximum absolute atomic E-state index is 11.0. The number of thioether (sulfide) groups is 1. The van der Waals surface area contributed by atoms with Crippen LogP contribution < -0.4 is 9.47 Å². The molecule has 0 fully saturated rings. The van der Waals surface area contributed by atoms with Gasteiger partial charge < -0.3 is 14.6 Å². The Labute approximate surface area is 125 Å². The summed E-state index contributed by atoms with van der Waals surface area (Å²) >= 11 is 4.78. The van der Waals surface area contributed by atoms with E-state index < -0.39 is 11.2 Å². The minimum Gasteiger partial charge on any atom is -0.496 e. The van der Waals surface area contributed by atoms with Crippen LogP contribution in [0.2, 0.25) is 0 Å². The van der Waals surface area contributed by atoms with Crippen LogP contribution in [0.15, 0.2) is 16.6 Å². The molecule has 0 aliphatic rings. The highest BCUT2D eigenvalue weighted by Crippen LogP contribution is 2.35. The summed E-state index contributed by atoms with van der Waals surface area (Å²) in [5, 5.41) is 8.63. The Balaban J connectivity index is 2.90. The van der Waals surface area contributed by atoms with Crippen molar-refractivity contribution in [3.8, 4) is 11.5 Å². The van der Waals surface area contributed by atoms with Gasteiger partial charge in [-0.15, -0.1) is 11.8 Å². The molecule has 1 atom stereocenters. The average molecular weight is 349 g/mol. The number of halogens is 1. The van der Waals surface area contributed by atoms with Gasteiger partial charge in [0.05, 0.1) is 18.7 Å². The van der Waals surface area contributed by atoms with Gasteiger partial charge in [-0.05, 0) is 34.5 Å². The standard InChI is InChI=1S/C13H17BrO4S/c1-4-12(13(15)16)19-7-8-5-11(18-3)9(14)6-10(8)17-2/h5-6,12H,4,7H2,1-3H3,(H,15,16). The summed E-state index contributed by atoms with van der Waals surface area (Å²) in [6.45, 7) is 1.87. The Morgan fingerprint density at radius 2 is 2.00 bits per heavy atom. The highest BCUT2D eigenvalue weighted by Gasteiger charge is 2.17. The first-order valence-electron chi connectivity index (χ1n) is 5.78. The molecule has 1 aromatic rings. The second kappa shape index (κ2) is 7.65. The summed E-state index contributed by atoms with van der Waals surface area (Å²) < 4.78 is 11.4. The SMILES string of the molecule is CCC(SCc1cc(OC)c(Br)cc1OC)C(=O)O. The first-order chi connectivity index (χ1) is 9.03. The Bertz CT molecular complexity index is 451. The van der Waals surface area contributed by atoms with Crippen molar-refractivity contribution in [2.24, 2.45) is 0 Å². The number of rotatable bonds is 7. The van der Waals surface area contributed by atoms with E-state index in [2.05, 4.69) is 15.9 Å². The van der Waals surface area contributed by atoms with E-state index in [-0.39, 0.29) is 0 Å². The molecule has 0 aliphatic heterocycles. The maximum Gasteiger partial charge on any atom is 0.316 e. The molecule has 0 heterocycles. The number of aliphatic carboxylic acids is 1. The molecule has 0 spiro atoms. The fourth-order valence-corrected chi connectivity index (χ4v) is 3.06. The number of benzene rings is 1. The van der Waals surface area contributed by atoms with Crippen molar-refractivity contribution < 1.29 is 19.4 Å². The summed E-state index contributed by atoms with van der Waals surface area (Å²) in [4.78, 5) is 11.0. The van der Waals surface area contributed by atoms with Crippen LogP contribution in [0.3, 0.4) is 0 Å². The van der Waals surface area contributed by atoms with Crippen LogP contribution >= 0.6 is 27.7 Å².